The standard InChI is InChI=1S/C11H18N2OS/c1-9-3-4-10(2)6-13(5-9)11(14)7-15-8-12/h9-10H,3-7H2,1-2H3. The molecular weight excluding hydrogens is 208 g/mol. The van der Waals surface area contributed by atoms with E-state index in [2.05, 4.69) is 13.8 Å². The molecule has 0 N–H and O–H groups in total. The van der Waals surface area contributed by atoms with Crippen molar-refractivity contribution in [3.63, 3.8) is 0 Å². The molecule has 15 heavy (non-hydrogen) atoms. The van der Waals surface area contributed by atoms with Crippen LogP contribution in [0.15, 0.2) is 0 Å². The first-order chi connectivity index (χ1) is 7.13. The lowest BCUT2D eigenvalue weighted by Crippen LogP contribution is -2.36. The summed E-state index contributed by atoms with van der Waals surface area (Å²) in [7, 11) is 0. The van der Waals surface area contributed by atoms with Crippen LogP contribution in [-0.4, -0.2) is 29.6 Å². The molecule has 1 aliphatic rings. The van der Waals surface area contributed by atoms with Gasteiger partial charge in [0.1, 0.15) is 5.40 Å². The predicted molar refractivity (Wildman–Crippen MR) is 62.2 cm³/mol. The molecule has 0 radical (unpaired) electrons. The maximum absolute atomic E-state index is 11.8. The quantitative estimate of drug-likeness (QED) is 0.677. The Bertz CT molecular complexity index is 250. The van der Waals surface area contributed by atoms with E-state index in [0.717, 1.165) is 24.9 Å². The van der Waals surface area contributed by atoms with Crippen molar-refractivity contribution < 1.29 is 4.79 Å². The molecule has 1 fully saturated rings. The van der Waals surface area contributed by atoms with Gasteiger partial charge >= 0.3 is 0 Å². The topological polar surface area (TPSA) is 44.1 Å². The van der Waals surface area contributed by atoms with Gasteiger partial charge < -0.3 is 4.90 Å². The highest BCUT2D eigenvalue weighted by Crippen LogP contribution is 2.20. The highest BCUT2D eigenvalue weighted by atomic mass is 32.2. The Morgan fingerprint density at radius 3 is 2.40 bits per heavy atom. The first-order valence-corrected chi connectivity index (χ1v) is 6.40. The molecular formula is C11H18N2OS. The summed E-state index contributed by atoms with van der Waals surface area (Å²) in [5, 5.41) is 10.4. The van der Waals surface area contributed by atoms with Gasteiger partial charge in [0.2, 0.25) is 5.91 Å². The maximum atomic E-state index is 11.8. The van der Waals surface area contributed by atoms with Gasteiger partial charge in [-0.3, -0.25) is 4.79 Å². The van der Waals surface area contributed by atoms with Crippen molar-refractivity contribution in [2.45, 2.75) is 26.7 Å². The Balaban J connectivity index is 2.51. The summed E-state index contributed by atoms with van der Waals surface area (Å²) in [5.74, 6) is 1.59. The number of hydrogen-bond donors (Lipinski definition) is 0. The number of likely N-dealkylation sites (tertiary alicyclic amines) is 1. The Hall–Kier alpha value is -0.690. The van der Waals surface area contributed by atoms with Gasteiger partial charge in [-0.1, -0.05) is 13.8 Å². The van der Waals surface area contributed by atoms with Crippen LogP contribution in [0.4, 0.5) is 0 Å². The average Bonchev–Trinajstić information content (AvgIpc) is 2.37. The van der Waals surface area contributed by atoms with Gasteiger partial charge in [-0.05, 0) is 36.4 Å². The van der Waals surface area contributed by atoms with E-state index < -0.39 is 0 Å². The van der Waals surface area contributed by atoms with Crippen LogP contribution in [0.1, 0.15) is 26.7 Å². The number of rotatable bonds is 2. The van der Waals surface area contributed by atoms with Crippen LogP contribution in [0.2, 0.25) is 0 Å². The fraction of sp³-hybridized carbons (Fsp3) is 0.818. The predicted octanol–water partition coefficient (Wildman–Crippen LogP) is 2.10. The zero-order chi connectivity index (χ0) is 11.3. The summed E-state index contributed by atoms with van der Waals surface area (Å²) in [4.78, 5) is 13.7. The van der Waals surface area contributed by atoms with Crippen LogP contribution in [0.3, 0.4) is 0 Å². The van der Waals surface area contributed by atoms with E-state index in [1.54, 1.807) is 0 Å². The molecule has 0 aromatic heterocycles. The SMILES string of the molecule is CC1CCC(C)CN(C(=O)CSC#N)C1. The molecule has 1 aliphatic heterocycles. The first kappa shape index (κ1) is 12.4. The third-order valence-corrected chi connectivity index (χ3v) is 3.35. The largest absolute Gasteiger partial charge is 0.341 e. The molecule has 1 saturated heterocycles. The van der Waals surface area contributed by atoms with Gasteiger partial charge in [0.05, 0.1) is 5.75 Å². The molecule has 1 rings (SSSR count). The number of hydrogen-bond acceptors (Lipinski definition) is 3. The van der Waals surface area contributed by atoms with Crippen molar-refractivity contribution in [2.75, 3.05) is 18.8 Å². The fourth-order valence-corrected chi connectivity index (χ4v) is 2.34. The molecule has 4 heteroatoms. The van der Waals surface area contributed by atoms with Crippen LogP contribution < -0.4 is 0 Å². The first-order valence-electron chi connectivity index (χ1n) is 5.42. The molecule has 84 valence electrons. The summed E-state index contributed by atoms with van der Waals surface area (Å²) in [6.07, 6.45) is 2.41. The van der Waals surface area contributed by atoms with Crippen molar-refractivity contribution >= 4 is 17.7 Å². The minimum Gasteiger partial charge on any atom is -0.341 e. The number of nitrogens with zero attached hydrogens (tertiary/aromatic N) is 2. The number of amides is 1. The average molecular weight is 226 g/mol. The lowest BCUT2D eigenvalue weighted by molar-refractivity contribution is -0.129. The Morgan fingerprint density at radius 1 is 1.40 bits per heavy atom. The second-order valence-corrected chi connectivity index (χ2v) is 5.23. The molecule has 0 aliphatic carbocycles. The summed E-state index contributed by atoms with van der Waals surface area (Å²) in [6, 6.07) is 0. The van der Waals surface area contributed by atoms with E-state index in [1.165, 1.54) is 12.8 Å². The summed E-state index contributed by atoms with van der Waals surface area (Å²) in [6.45, 7) is 6.09. The van der Waals surface area contributed by atoms with Gasteiger partial charge in [-0.15, -0.1) is 0 Å². The number of thiocyanates is 1. The van der Waals surface area contributed by atoms with Gasteiger partial charge in [0, 0.05) is 13.1 Å². The van der Waals surface area contributed by atoms with Crippen molar-refractivity contribution in [2.24, 2.45) is 11.8 Å². The van der Waals surface area contributed by atoms with E-state index in [9.17, 15) is 4.79 Å². The minimum atomic E-state index is 0.113. The van der Waals surface area contributed by atoms with Gasteiger partial charge in [-0.2, -0.15) is 5.26 Å². The van der Waals surface area contributed by atoms with Gasteiger partial charge in [-0.25, -0.2) is 0 Å². The fourth-order valence-electron chi connectivity index (χ4n) is 1.97. The Labute approximate surface area is 95.8 Å². The molecule has 0 aromatic carbocycles. The molecule has 3 nitrogen and oxygen atoms in total. The minimum absolute atomic E-state index is 0.113. The Kier molecular flexibility index (Phi) is 4.97. The van der Waals surface area contributed by atoms with Crippen LogP contribution in [0.5, 0.6) is 0 Å². The number of carbonyl (C=O) groups is 1. The van der Waals surface area contributed by atoms with E-state index in [0.29, 0.717) is 17.6 Å². The zero-order valence-corrected chi connectivity index (χ0v) is 10.2. The summed E-state index contributed by atoms with van der Waals surface area (Å²) in [5.41, 5.74) is 0. The highest BCUT2D eigenvalue weighted by Gasteiger charge is 2.22. The number of carbonyl (C=O) groups excluding carboxylic acids is 1. The van der Waals surface area contributed by atoms with E-state index >= 15 is 0 Å². The molecule has 0 saturated carbocycles. The molecule has 2 unspecified atom stereocenters. The second kappa shape index (κ2) is 6.02. The van der Waals surface area contributed by atoms with Crippen LogP contribution in [-0.2, 0) is 4.79 Å². The zero-order valence-electron chi connectivity index (χ0n) is 9.40. The third kappa shape index (κ3) is 4.13. The maximum Gasteiger partial charge on any atom is 0.233 e. The monoisotopic (exact) mass is 226 g/mol. The number of nitriles is 1. The molecule has 0 spiro atoms. The highest BCUT2D eigenvalue weighted by molar-refractivity contribution is 8.04. The third-order valence-electron chi connectivity index (χ3n) is 2.83. The smallest absolute Gasteiger partial charge is 0.233 e. The lowest BCUT2D eigenvalue weighted by atomic mass is 10.0. The normalized spacial score (nSPS) is 26.9. The molecule has 0 aromatic rings. The molecule has 2 atom stereocenters. The second-order valence-electron chi connectivity index (χ2n) is 4.47. The number of thioether (sulfide) groups is 1. The van der Waals surface area contributed by atoms with Crippen molar-refractivity contribution in [1.29, 1.82) is 5.26 Å². The van der Waals surface area contributed by atoms with Crippen LogP contribution in [0.25, 0.3) is 0 Å². The van der Waals surface area contributed by atoms with Crippen molar-refractivity contribution in [3.8, 4) is 5.40 Å². The van der Waals surface area contributed by atoms with Gasteiger partial charge in [0.15, 0.2) is 0 Å². The van der Waals surface area contributed by atoms with Crippen molar-refractivity contribution in [3.05, 3.63) is 0 Å². The molecule has 1 heterocycles. The summed E-state index contributed by atoms with van der Waals surface area (Å²) < 4.78 is 0. The van der Waals surface area contributed by atoms with E-state index in [-0.39, 0.29) is 5.91 Å². The lowest BCUT2D eigenvalue weighted by Gasteiger charge is -2.23. The Morgan fingerprint density at radius 2 is 1.93 bits per heavy atom. The summed E-state index contributed by atoms with van der Waals surface area (Å²) >= 11 is 1.03. The molecule has 0 bridgehead atoms. The van der Waals surface area contributed by atoms with Crippen LogP contribution >= 0.6 is 11.8 Å². The van der Waals surface area contributed by atoms with E-state index in [4.69, 9.17) is 5.26 Å². The molecule has 1 amide bonds. The van der Waals surface area contributed by atoms with Crippen molar-refractivity contribution in [1.82, 2.24) is 4.90 Å². The van der Waals surface area contributed by atoms with E-state index in [1.807, 2.05) is 10.3 Å². The van der Waals surface area contributed by atoms with Crippen LogP contribution in [0, 0.1) is 22.5 Å². The van der Waals surface area contributed by atoms with Gasteiger partial charge in [0.25, 0.3) is 0 Å².